The zero-order chi connectivity index (χ0) is 30.0. The van der Waals surface area contributed by atoms with Gasteiger partial charge >= 0.3 is 0 Å². The number of hydrogen-bond acceptors (Lipinski definition) is 2. The quantitative estimate of drug-likeness (QED) is 0.119. The molecule has 0 aliphatic heterocycles. The molecule has 2 nitrogen and oxygen atoms in total. The molecule has 0 aromatic heterocycles. The lowest BCUT2D eigenvalue weighted by Crippen LogP contribution is -2.66. The van der Waals surface area contributed by atoms with Crippen LogP contribution in [0.15, 0.2) is 85.0 Å². The van der Waals surface area contributed by atoms with E-state index < -0.39 is 16.6 Å². The Balaban J connectivity index is 2.25. The Morgan fingerprint density at radius 1 is 0.825 bits per heavy atom. The van der Waals surface area contributed by atoms with Crippen molar-refractivity contribution in [1.82, 2.24) is 0 Å². The fraction of sp³-hybridized carbons (Fsp3) is 0.556. The van der Waals surface area contributed by atoms with Gasteiger partial charge in [-0.15, -0.1) is 6.58 Å². The lowest BCUT2D eigenvalue weighted by Gasteiger charge is -2.43. The van der Waals surface area contributed by atoms with Gasteiger partial charge in [-0.05, 0) is 78.0 Å². The van der Waals surface area contributed by atoms with Gasteiger partial charge in [0.15, 0.2) is 8.32 Å². The van der Waals surface area contributed by atoms with E-state index >= 15 is 0 Å². The highest BCUT2D eigenvalue weighted by atomic mass is 28.4. The van der Waals surface area contributed by atoms with Crippen molar-refractivity contribution in [3.8, 4) is 0 Å². The summed E-state index contributed by atoms with van der Waals surface area (Å²) in [6.07, 6.45) is 8.81. The van der Waals surface area contributed by atoms with E-state index in [2.05, 4.69) is 148 Å². The molecule has 222 valence electrons. The predicted octanol–water partition coefficient (Wildman–Crippen LogP) is 9.53. The Kier molecular flexibility index (Phi) is 12.9. The van der Waals surface area contributed by atoms with E-state index in [-0.39, 0.29) is 10.1 Å². The van der Waals surface area contributed by atoms with Gasteiger partial charge in [-0.25, -0.2) is 0 Å². The number of rotatable bonds is 15. The first kappa shape index (κ1) is 34.5. The van der Waals surface area contributed by atoms with Gasteiger partial charge in [-0.2, -0.15) is 0 Å². The Labute approximate surface area is 249 Å². The largest absolute Gasteiger partial charge is 0.413 e. The summed E-state index contributed by atoms with van der Waals surface area (Å²) in [6, 6.07) is 22.0. The van der Waals surface area contributed by atoms with Gasteiger partial charge < -0.3 is 8.85 Å². The van der Waals surface area contributed by atoms with E-state index in [4.69, 9.17) is 8.85 Å². The lowest BCUT2D eigenvalue weighted by atomic mass is 9.81. The second-order valence-corrected chi connectivity index (χ2v) is 23.2. The lowest BCUT2D eigenvalue weighted by molar-refractivity contribution is 0.263. The third kappa shape index (κ3) is 8.88. The van der Waals surface area contributed by atoms with Gasteiger partial charge in [0, 0.05) is 6.61 Å². The zero-order valence-electron chi connectivity index (χ0n) is 27.3. The topological polar surface area (TPSA) is 18.5 Å². The summed E-state index contributed by atoms with van der Waals surface area (Å²) in [5, 5.41) is 2.93. The maximum absolute atomic E-state index is 7.20. The standard InChI is InChI=1S/C36H58O2Si2/c1-12-13-21-30(2)34(31(3)27-29-37-39(10,11)35(4,5)6)26-20-28-38-40(36(7,8)9,32-22-16-14-17-23-32)33-24-18-15-19-25-33/h12,14-19,22-25,27,30,34H,1,13,20-21,26,28-29H2,2-11H3/b31-27-/t30-,34+/m1/s1. The Morgan fingerprint density at radius 3 is 1.80 bits per heavy atom. The minimum atomic E-state index is -2.50. The molecule has 0 bridgehead atoms. The second-order valence-electron chi connectivity index (χ2n) is 14.1. The smallest absolute Gasteiger partial charge is 0.261 e. The monoisotopic (exact) mass is 578 g/mol. The van der Waals surface area contributed by atoms with Crippen molar-refractivity contribution in [3.05, 3.63) is 85.0 Å². The van der Waals surface area contributed by atoms with Crippen LogP contribution in [0.2, 0.25) is 23.2 Å². The molecular formula is C36H58O2Si2. The van der Waals surface area contributed by atoms with Crippen LogP contribution in [0.1, 0.15) is 81.1 Å². The van der Waals surface area contributed by atoms with Crippen LogP contribution in [0.3, 0.4) is 0 Å². The third-order valence-electron chi connectivity index (χ3n) is 9.15. The molecule has 0 N–H and O–H groups in total. The minimum absolute atomic E-state index is 0.00324. The highest BCUT2D eigenvalue weighted by Gasteiger charge is 2.50. The fourth-order valence-electron chi connectivity index (χ4n) is 5.58. The molecule has 0 aliphatic carbocycles. The predicted molar refractivity (Wildman–Crippen MR) is 182 cm³/mol. The Bertz CT molecular complexity index is 1010. The van der Waals surface area contributed by atoms with Crippen LogP contribution in [-0.4, -0.2) is 29.8 Å². The van der Waals surface area contributed by atoms with Crippen LogP contribution in [0, 0.1) is 11.8 Å². The molecule has 0 fully saturated rings. The van der Waals surface area contributed by atoms with Crippen molar-refractivity contribution in [1.29, 1.82) is 0 Å². The summed E-state index contributed by atoms with van der Waals surface area (Å²) >= 11 is 0. The minimum Gasteiger partial charge on any atom is -0.413 e. The third-order valence-corrected chi connectivity index (χ3v) is 18.7. The molecule has 2 aromatic rings. The van der Waals surface area contributed by atoms with E-state index in [1.165, 1.54) is 15.9 Å². The van der Waals surface area contributed by atoms with E-state index in [0.717, 1.165) is 32.3 Å². The number of allylic oxidation sites excluding steroid dienone is 2. The van der Waals surface area contributed by atoms with Gasteiger partial charge in [0.1, 0.15) is 0 Å². The first-order chi connectivity index (χ1) is 18.7. The highest BCUT2D eigenvalue weighted by Crippen LogP contribution is 2.38. The maximum atomic E-state index is 7.20. The molecule has 4 heteroatoms. The first-order valence-electron chi connectivity index (χ1n) is 15.3. The van der Waals surface area contributed by atoms with Crippen molar-refractivity contribution in [2.75, 3.05) is 13.2 Å². The molecule has 0 unspecified atom stereocenters. The van der Waals surface area contributed by atoms with Crippen LogP contribution in [0.25, 0.3) is 0 Å². The first-order valence-corrected chi connectivity index (χ1v) is 20.2. The molecular weight excluding hydrogens is 521 g/mol. The van der Waals surface area contributed by atoms with Crippen molar-refractivity contribution in [2.45, 2.75) is 104 Å². The molecule has 2 rings (SSSR count). The molecule has 2 atom stereocenters. The summed E-state index contributed by atoms with van der Waals surface area (Å²) < 4.78 is 13.7. The molecule has 0 saturated heterocycles. The van der Waals surface area contributed by atoms with Crippen molar-refractivity contribution in [2.24, 2.45) is 11.8 Å². The molecule has 0 saturated carbocycles. The van der Waals surface area contributed by atoms with Gasteiger partial charge in [0.2, 0.25) is 0 Å². The Hall–Kier alpha value is -1.73. The molecule has 2 aromatic carbocycles. The summed E-state index contributed by atoms with van der Waals surface area (Å²) in [5.74, 6) is 1.11. The maximum Gasteiger partial charge on any atom is 0.261 e. The summed E-state index contributed by atoms with van der Waals surface area (Å²) in [5.41, 5.74) is 1.46. The van der Waals surface area contributed by atoms with Crippen LogP contribution in [0.5, 0.6) is 0 Å². The highest BCUT2D eigenvalue weighted by molar-refractivity contribution is 6.99. The Morgan fingerprint density at radius 2 is 1.35 bits per heavy atom. The van der Waals surface area contributed by atoms with Gasteiger partial charge in [-0.1, -0.05) is 127 Å². The van der Waals surface area contributed by atoms with Crippen LogP contribution in [0.4, 0.5) is 0 Å². The van der Waals surface area contributed by atoms with E-state index in [1.807, 2.05) is 0 Å². The van der Waals surface area contributed by atoms with E-state index in [9.17, 15) is 0 Å². The molecule has 0 radical (unpaired) electrons. The summed E-state index contributed by atoms with van der Waals surface area (Å²) in [6.45, 7) is 28.8. The fourth-order valence-corrected chi connectivity index (χ4v) is 11.1. The van der Waals surface area contributed by atoms with Crippen LogP contribution in [-0.2, 0) is 8.85 Å². The molecule has 0 spiro atoms. The number of benzene rings is 2. The van der Waals surface area contributed by atoms with Crippen molar-refractivity contribution < 1.29 is 8.85 Å². The van der Waals surface area contributed by atoms with E-state index in [1.54, 1.807) is 0 Å². The van der Waals surface area contributed by atoms with Crippen molar-refractivity contribution >= 4 is 27.0 Å². The summed E-state index contributed by atoms with van der Waals surface area (Å²) in [4.78, 5) is 0. The average molecular weight is 579 g/mol. The van der Waals surface area contributed by atoms with Crippen molar-refractivity contribution in [3.63, 3.8) is 0 Å². The number of hydrogen-bond donors (Lipinski definition) is 0. The van der Waals surface area contributed by atoms with Gasteiger partial charge in [0.05, 0.1) is 6.61 Å². The van der Waals surface area contributed by atoms with Crippen LogP contribution < -0.4 is 10.4 Å². The van der Waals surface area contributed by atoms with Crippen LogP contribution >= 0.6 is 0 Å². The summed E-state index contributed by atoms with van der Waals surface area (Å²) in [7, 11) is -4.26. The molecule has 40 heavy (non-hydrogen) atoms. The zero-order valence-corrected chi connectivity index (χ0v) is 29.3. The molecule has 0 heterocycles. The molecule has 0 aliphatic rings. The second kappa shape index (κ2) is 15.0. The normalized spacial score (nSPS) is 15.1. The van der Waals surface area contributed by atoms with Gasteiger partial charge in [0.25, 0.3) is 8.32 Å². The molecule has 0 amide bonds. The van der Waals surface area contributed by atoms with Gasteiger partial charge in [-0.3, -0.25) is 0 Å². The SMILES string of the molecule is C=CCC[C@@H](C)[C@H](CCCO[Si](c1ccccc1)(c1ccccc1)C(C)(C)C)/C(C)=C\CO[Si](C)(C)C(C)(C)C. The average Bonchev–Trinajstić information content (AvgIpc) is 2.89. The van der Waals surface area contributed by atoms with E-state index in [0.29, 0.717) is 18.4 Å².